The summed E-state index contributed by atoms with van der Waals surface area (Å²) in [6.07, 6.45) is 3.79. The van der Waals surface area contributed by atoms with Gasteiger partial charge in [0.1, 0.15) is 19.0 Å². The van der Waals surface area contributed by atoms with Crippen molar-refractivity contribution >= 4 is 17.4 Å². The number of carbonyl (C=O) groups is 2. The molecule has 0 aliphatic carbocycles. The van der Waals surface area contributed by atoms with Crippen molar-refractivity contribution in [3.8, 4) is 23.0 Å². The van der Waals surface area contributed by atoms with E-state index >= 15 is 0 Å². The average molecular weight is 581 g/mol. The third kappa shape index (κ3) is 7.01. The molecule has 228 valence electrons. The van der Waals surface area contributed by atoms with Gasteiger partial charge in [-0.05, 0) is 75.3 Å². The van der Waals surface area contributed by atoms with Crippen LogP contribution in [0.25, 0.3) is 5.76 Å². The van der Waals surface area contributed by atoms with Crippen molar-refractivity contribution in [2.24, 2.45) is 0 Å². The Morgan fingerprint density at radius 1 is 0.929 bits per heavy atom. The minimum Gasteiger partial charge on any atom is -0.507 e. The number of carbonyl (C=O) groups excluding carboxylic acids is 2. The number of amides is 1. The summed E-state index contributed by atoms with van der Waals surface area (Å²) in [4.78, 5) is 30.9. The van der Waals surface area contributed by atoms with Crippen molar-refractivity contribution in [1.82, 2.24) is 9.80 Å². The molecule has 2 aliphatic heterocycles. The first-order valence-corrected chi connectivity index (χ1v) is 15.2. The number of likely N-dealkylation sites (tertiary alicyclic amines) is 1. The van der Waals surface area contributed by atoms with Crippen LogP contribution in [-0.4, -0.2) is 79.2 Å². The molecule has 9 heteroatoms. The Hall–Kier alpha value is -3.72. The number of nitrogens with zero attached hydrogens (tertiary/aromatic N) is 2. The molecule has 42 heavy (non-hydrogen) atoms. The average Bonchev–Trinajstić information content (AvgIpc) is 3.26. The number of hydrogen-bond donors (Lipinski definition) is 1. The Morgan fingerprint density at radius 2 is 1.69 bits per heavy atom. The van der Waals surface area contributed by atoms with E-state index in [1.807, 2.05) is 25.1 Å². The van der Waals surface area contributed by atoms with Gasteiger partial charge in [-0.2, -0.15) is 0 Å². The summed E-state index contributed by atoms with van der Waals surface area (Å²) < 4.78 is 23.3. The van der Waals surface area contributed by atoms with Gasteiger partial charge in [-0.3, -0.25) is 9.59 Å². The van der Waals surface area contributed by atoms with Crippen LogP contribution in [0.4, 0.5) is 0 Å². The van der Waals surface area contributed by atoms with E-state index in [1.54, 1.807) is 23.1 Å². The maximum atomic E-state index is 13.6. The molecule has 1 fully saturated rings. The molecule has 0 saturated carbocycles. The predicted octanol–water partition coefficient (Wildman–Crippen LogP) is 5.58. The number of aliphatic hydroxyl groups excluding tert-OH is 1. The van der Waals surface area contributed by atoms with E-state index < -0.39 is 17.7 Å². The van der Waals surface area contributed by atoms with Gasteiger partial charge >= 0.3 is 0 Å². The lowest BCUT2D eigenvalue weighted by atomic mass is 9.94. The quantitative estimate of drug-likeness (QED) is 0.126. The third-order valence-corrected chi connectivity index (χ3v) is 7.71. The summed E-state index contributed by atoms with van der Waals surface area (Å²) in [6.45, 7) is 13.0. The van der Waals surface area contributed by atoms with Crippen LogP contribution < -0.4 is 18.9 Å². The number of ketones is 1. The van der Waals surface area contributed by atoms with Crippen LogP contribution in [0.5, 0.6) is 23.0 Å². The van der Waals surface area contributed by atoms with Crippen LogP contribution in [0.2, 0.25) is 0 Å². The van der Waals surface area contributed by atoms with Crippen molar-refractivity contribution < 1.29 is 33.6 Å². The van der Waals surface area contributed by atoms with Crippen LogP contribution in [0.15, 0.2) is 42.0 Å². The van der Waals surface area contributed by atoms with Gasteiger partial charge in [0.05, 0.1) is 24.8 Å². The van der Waals surface area contributed by atoms with E-state index in [0.29, 0.717) is 73.5 Å². The summed E-state index contributed by atoms with van der Waals surface area (Å²) >= 11 is 0. The van der Waals surface area contributed by atoms with Crippen LogP contribution in [0.3, 0.4) is 0 Å². The molecule has 1 amide bonds. The maximum absolute atomic E-state index is 13.6. The number of ether oxygens (including phenoxy) is 4. The smallest absolute Gasteiger partial charge is 0.295 e. The Bertz CT molecular complexity index is 1270. The van der Waals surface area contributed by atoms with E-state index in [-0.39, 0.29) is 11.3 Å². The normalized spacial score (nSPS) is 17.6. The van der Waals surface area contributed by atoms with E-state index in [0.717, 1.165) is 38.9 Å². The minimum atomic E-state index is -0.789. The number of rotatable bonds is 15. The van der Waals surface area contributed by atoms with Gasteiger partial charge in [0.15, 0.2) is 23.0 Å². The molecule has 9 nitrogen and oxygen atoms in total. The summed E-state index contributed by atoms with van der Waals surface area (Å²) in [6, 6.07) is 9.73. The lowest BCUT2D eigenvalue weighted by Crippen LogP contribution is -2.33. The Balaban J connectivity index is 1.74. The van der Waals surface area contributed by atoms with Gasteiger partial charge in [-0.25, -0.2) is 0 Å². The molecule has 0 radical (unpaired) electrons. The lowest BCUT2D eigenvalue weighted by molar-refractivity contribution is -0.140. The Kier molecular flexibility index (Phi) is 11.1. The van der Waals surface area contributed by atoms with Gasteiger partial charge in [0.2, 0.25) is 0 Å². The molecule has 1 N–H and O–H groups in total. The number of unbranched alkanes of at least 4 members (excludes halogenated alkanes) is 2. The maximum Gasteiger partial charge on any atom is 0.295 e. The first kappa shape index (κ1) is 31.2. The molecule has 0 spiro atoms. The number of benzene rings is 2. The highest BCUT2D eigenvalue weighted by Crippen LogP contribution is 2.43. The second-order valence-corrected chi connectivity index (χ2v) is 10.4. The molecule has 2 heterocycles. The molecule has 2 aromatic rings. The summed E-state index contributed by atoms with van der Waals surface area (Å²) in [5.74, 6) is 0.617. The molecule has 4 rings (SSSR count). The number of Topliss-reactive ketones (excluding diaryl/α,β-unsaturated/α-hetero) is 1. The first-order valence-electron chi connectivity index (χ1n) is 15.2. The fourth-order valence-electron chi connectivity index (χ4n) is 5.42. The fourth-order valence-corrected chi connectivity index (χ4v) is 5.42. The van der Waals surface area contributed by atoms with Gasteiger partial charge in [0, 0.05) is 12.1 Å². The molecular weight excluding hydrogens is 536 g/mol. The van der Waals surface area contributed by atoms with Crippen molar-refractivity contribution in [2.45, 2.75) is 59.4 Å². The molecule has 0 unspecified atom stereocenters. The van der Waals surface area contributed by atoms with E-state index in [4.69, 9.17) is 18.9 Å². The van der Waals surface area contributed by atoms with Crippen LogP contribution in [0, 0.1) is 0 Å². The standard InChI is InChI=1S/C33H44N2O7/c1-5-9-10-18-40-25-14-12-23(21-27(25)39-8-4)30-29(31(36)24-13-15-26-28(22-24)42-20-19-41-26)32(37)33(38)35(30)17-11-16-34(6-2)7-3/h12-15,21-22,30,36H,5-11,16-20H2,1-4H3/t30-/m1/s1. The monoisotopic (exact) mass is 580 g/mol. The molecule has 2 aromatic carbocycles. The highest BCUT2D eigenvalue weighted by molar-refractivity contribution is 6.46. The van der Waals surface area contributed by atoms with E-state index in [9.17, 15) is 14.7 Å². The predicted molar refractivity (Wildman–Crippen MR) is 161 cm³/mol. The zero-order chi connectivity index (χ0) is 30.1. The molecular formula is C33H44N2O7. The highest BCUT2D eigenvalue weighted by atomic mass is 16.6. The van der Waals surface area contributed by atoms with Gasteiger partial charge in [0.25, 0.3) is 11.7 Å². The van der Waals surface area contributed by atoms with E-state index in [1.165, 1.54) is 0 Å². The van der Waals surface area contributed by atoms with E-state index in [2.05, 4.69) is 25.7 Å². The van der Waals surface area contributed by atoms with Crippen molar-refractivity contribution in [3.63, 3.8) is 0 Å². The molecule has 1 saturated heterocycles. The first-order chi connectivity index (χ1) is 20.4. The third-order valence-electron chi connectivity index (χ3n) is 7.71. The zero-order valence-electron chi connectivity index (χ0n) is 25.3. The largest absolute Gasteiger partial charge is 0.507 e. The van der Waals surface area contributed by atoms with Crippen LogP contribution >= 0.6 is 0 Å². The SMILES string of the molecule is CCCCCOc1ccc([C@@H]2C(=C(O)c3ccc4c(c3)OCCO4)C(=O)C(=O)N2CCCN(CC)CC)cc1OCC. The van der Waals surface area contributed by atoms with Crippen molar-refractivity contribution in [1.29, 1.82) is 0 Å². The topological polar surface area (TPSA) is 97.8 Å². The molecule has 2 aliphatic rings. The Labute approximate surface area is 249 Å². The summed E-state index contributed by atoms with van der Waals surface area (Å²) in [7, 11) is 0. The van der Waals surface area contributed by atoms with Gasteiger partial charge < -0.3 is 33.9 Å². The second-order valence-electron chi connectivity index (χ2n) is 10.4. The minimum absolute atomic E-state index is 0.0404. The molecule has 1 atom stereocenters. The summed E-state index contributed by atoms with van der Waals surface area (Å²) in [5, 5.41) is 11.6. The van der Waals surface area contributed by atoms with Gasteiger partial charge in [-0.1, -0.05) is 39.7 Å². The molecule has 0 bridgehead atoms. The van der Waals surface area contributed by atoms with Crippen LogP contribution in [0.1, 0.15) is 70.5 Å². The van der Waals surface area contributed by atoms with Crippen molar-refractivity contribution in [2.75, 3.05) is 52.6 Å². The zero-order valence-corrected chi connectivity index (χ0v) is 25.3. The fraction of sp³-hybridized carbons (Fsp3) is 0.515. The summed E-state index contributed by atoms with van der Waals surface area (Å²) in [5.41, 5.74) is 1.09. The van der Waals surface area contributed by atoms with Crippen LogP contribution in [-0.2, 0) is 9.59 Å². The number of hydrogen-bond acceptors (Lipinski definition) is 8. The second kappa shape index (κ2) is 15.0. The van der Waals surface area contributed by atoms with Crippen molar-refractivity contribution in [3.05, 3.63) is 53.1 Å². The number of fused-ring (bicyclic) bond motifs is 1. The molecule has 0 aromatic heterocycles. The Morgan fingerprint density at radius 3 is 2.40 bits per heavy atom. The van der Waals surface area contributed by atoms with Gasteiger partial charge in [-0.15, -0.1) is 0 Å². The highest BCUT2D eigenvalue weighted by Gasteiger charge is 2.46. The lowest BCUT2D eigenvalue weighted by Gasteiger charge is -2.27. The number of aliphatic hydroxyl groups is 1.